The Kier molecular flexibility index (Phi) is 3.72. The van der Waals surface area contributed by atoms with Gasteiger partial charge in [0.25, 0.3) is 5.69 Å². The number of nitrogens with two attached hydrogens (primary N) is 1. The lowest BCUT2D eigenvalue weighted by molar-refractivity contribution is -0.384. The molecule has 0 radical (unpaired) electrons. The maximum absolute atomic E-state index is 10.7. The normalized spacial score (nSPS) is 11.9. The lowest BCUT2D eigenvalue weighted by Gasteiger charge is -2.11. The number of ether oxygens (including phenoxy) is 1. The summed E-state index contributed by atoms with van der Waals surface area (Å²) in [5.74, 6) is 0.716. The topological polar surface area (TPSA) is 91.3 Å². The molecule has 0 aliphatic rings. The molecule has 0 aliphatic heterocycles. The highest BCUT2D eigenvalue weighted by atomic mass is 16.6. The van der Waals surface area contributed by atoms with Crippen LogP contribution < -0.4 is 10.5 Å². The molecule has 0 fully saturated rings. The Hall–Kier alpha value is -2.47. The standard InChI is InChI=1S/C13H13N3O3/c1-9(14)12-6-3-7-15-13(12)19-11-5-2-4-10(8-11)16(17)18/h2-9H,14H2,1H3/t9-/m0/s1. The lowest BCUT2D eigenvalue weighted by Crippen LogP contribution is -2.07. The van der Waals surface area contributed by atoms with Gasteiger partial charge >= 0.3 is 0 Å². The Morgan fingerprint density at radius 3 is 2.84 bits per heavy atom. The summed E-state index contributed by atoms with van der Waals surface area (Å²) in [7, 11) is 0. The minimum Gasteiger partial charge on any atom is -0.438 e. The summed E-state index contributed by atoms with van der Waals surface area (Å²) < 4.78 is 5.57. The van der Waals surface area contributed by atoms with Crippen molar-refractivity contribution in [3.8, 4) is 11.6 Å². The zero-order valence-electron chi connectivity index (χ0n) is 10.3. The predicted molar refractivity (Wildman–Crippen MR) is 70.0 cm³/mol. The highest BCUT2D eigenvalue weighted by Crippen LogP contribution is 2.28. The van der Waals surface area contributed by atoms with Gasteiger partial charge in [-0.05, 0) is 19.1 Å². The highest BCUT2D eigenvalue weighted by Gasteiger charge is 2.12. The Morgan fingerprint density at radius 1 is 1.37 bits per heavy atom. The minimum atomic E-state index is -0.474. The van der Waals surface area contributed by atoms with Gasteiger partial charge in [-0.2, -0.15) is 0 Å². The molecule has 1 atom stereocenters. The first-order valence-corrected chi connectivity index (χ1v) is 5.70. The molecule has 0 aliphatic carbocycles. The molecule has 2 aromatic rings. The number of non-ortho nitro benzene ring substituents is 1. The van der Waals surface area contributed by atoms with Crippen LogP contribution in [0.15, 0.2) is 42.6 Å². The van der Waals surface area contributed by atoms with Crippen LogP contribution in [0.4, 0.5) is 5.69 Å². The monoisotopic (exact) mass is 259 g/mol. The molecular weight excluding hydrogens is 246 g/mol. The van der Waals surface area contributed by atoms with E-state index in [4.69, 9.17) is 10.5 Å². The van der Waals surface area contributed by atoms with E-state index in [1.54, 1.807) is 24.4 Å². The quantitative estimate of drug-likeness (QED) is 0.673. The third-order valence-corrected chi connectivity index (χ3v) is 2.53. The molecule has 2 rings (SSSR count). The van der Waals surface area contributed by atoms with E-state index in [1.165, 1.54) is 12.1 Å². The number of nitro benzene ring substituents is 1. The summed E-state index contributed by atoms with van der Waals surface area (Å²) in [6.45, 7) is 1.82. The lowest BCUT2D eigenvalue weighted by atomic mass is 10.1. The van der Waals surface area contributed by atoms with Crippen molar-refractivity contribution < 1.29 is 9.66 Å². The number of rotatable bonds is 4. The van der Waals surface area contributed by atoms with Crippen LogP contribution in [0, 0.1) is 10.1 Å². The Labute approximate surface area is 110 Å². The van der Waals surface area contributed by atoms with E-state index >= 15 is 0 Å². The SMILES string of the molecule is C[C@H](N)c1cccnc1Oc1cccc([N+](=O)[O-])c1. The van der Waals surface area contributed by atoms with Gasteiger partial charge in [-0.15, -0.1) is 0 Å². The maximum atomic E-state index is 10.7. The van der Waals surface area contributed by atoms with Crippen molar-refractivity contribution >= 4 is 5.69 Å². The summed E-state index contributed by atoms with van der Waals surface area (Å²) >= 11 is 0. The van der Waals surface area contributed by atoms with E-state index in [0.29, 0.717) is 11.6 Å². The van der Waals surface area contributed by atoms with Crippen LogP contribution in [-0.2, 0) is 0 Å². The van der Waals surface area contributed by atoms with Crippen LogP contribution in [0.5, 0.6) is 11.6 Å². The minimum absolute atomic E-state index is 0.0317. The average Bonchev–Trinajstić information content (AvgIpc) is 2.39. The van der Waals surface area contributed by atoms with Gasteiger partial charge in [0.15, 0.2) is 0 Å². The van der Waals surface area contributed by atoms with Crippen molar-refractivity contribution in [2.24, 2.45) is 5.73 Å². The number of hydrogen-bond acceptors (Lipinski definition) is 5. The van der Waals surface area contributed by atoms with E-state index in [2.05, 4.69) is 4.98 Å². The summed E-state index contributed by atoms with van der Waals surface area (Å²) in [6.07, 6.45) is 1.58. The fraction of sp³-hybridized carbons (Fsp3) is 0.154. The van der Waals surface area contributed by atoms with Crippen molar-refractivity contribution in [2.75, 3.05) is 0 Å². The molecule has 1 heterocycles. The number of aromatic nitrogens is 1. The number of pyridine rings is 1. The van der Waals surface area contributed by atoms with Crippen LogP contribution >= 0.6 is 0 Å². The van der Waals surface area contributed by atoms with Crippen LogP contribution in [-0.4, -0.2) is 9.91 Å². The molecule has 0 amide bonds. The van der Waals surface area contributed by atoms with Crippen molar-refractivity contribution in [1.82, 2.24) is 4.98 Å². The summed E-state index contributed by atoms with van der Waals surface area (Å²) in [6, 6.07) is 9.28. The fourth-order valence-electron chi connectivity index (χ4n) is 1.61. The number of nitro groups is 1. The first kappa shape index (κ1) is 13.0. The summed E-state index contributed by atoms with van der Waals surface area (Å²) in [5, 5.41) is 10.7. The van der Waals surface area contributed by atoms with E-state index in [0.717, 1.165) is 5.56 Å². The van der Waals surface area contributed by atoms with Crippen LogP contribution in [0.25, 0.3) is 0 Å². The number of benzene rings is 1. The average molecular weight is 259 g/mol. The highest BCUT2D eigenvalue weighted by molar-refractivity contribution is 5.41. The molecule has 0 unspecified atom stereocenters. The first-order chi connectivity index (χ1) is 9.08. The van der Waals surface area contributed by atoms with Crippen molar-refractivity contribution in [3.63, 3.8) is 0 Å². The number of hydrogen-bond donors (Lipinski definition) is 1. The molecule has 98 valence electrons. The second-order valence-electron chi connectivity index (χ2n) is 4.04. The Morgan fingerprint density at radius 2 is 2.16 bits per heavy atom. The van der Waals surface area contributed by atoms with E-state index in [-0.39, 0.29) is 11.7 Å². The molecule has 6 nitrogen and oxygen atoms in total. The molecule has 1 aromatic heterocycles. The Bertz CT molecular complexity index is 599. The van der Waals surface area contributed by atoms with Crippen LogP contribution in [0.2, 0.25) is 0 Å². The third-order valence-electron chi connectivity index (χ3n) is 2.53. The molecule has 1 aromatic carbocycles. The smallest absolute Gasteiger partial charge is 0.273 e. The second kappa shape index (κ2) is 5.45. The van der Waals surface area contributed by atoms with Crippen molar-refractivity contribution in [1.29, 1.82) is 0 Å². The van der Waals surface area contributed by atoms with Gasteiger partial charge in [-0.25, -0.2) is 4.98 Å². The summed E-state index contributed by atoms with van der Waals surface area (Å²) in [5.41, 5.74) is 6.53. The molecule has 6 heteroatoms. The van der Waals surface area contributed by atoms with Crippen LogP contribution in [0.1, 0.15) is 18.5 Å². The molecule has 0 saturated carbocycles. The van der Waals surface area contributed by atoms with E-state index in [1.807, 2.05) is 13.0 Å². The van der Waals surface area contributed by atoms with E-state index < -0.39 is 4.92 Å². The Balaban J connectivity index is 2.31. The third kappa shape index (κ3) is 3.05. The fourth-order valence-corrected chi connectivity index (χ4v) is 1.61. The van der Waals surface area contributed by atoms with Gasteiger partial charge in [0.05, 0.1) is 11.0 Å². The molecule has 2 N–H and O–H groups in total. The van der Waals surface area contributed by atoms with Gasteiger partial charge in [-0.1, -0.05) is 12.1 Å². The van der Waals surface area contributed by atoms with Gasteiger partial charge < -0.3 is 10.5 Å². The van der Waals surface area contributed by atoms with Crippen molar-refractivity contribution in [3.05, 3.63) is 58.3 Å². The molecule has 0 spiro atoms. The largest absolute Gasteiger partial charge is 0.438 e. The van der Waals surface area contributed by atoms with E-state index in [9.17, 15) is 10.1 Å². The van der Waals surface area contributed by atoms with Gasteiger partial charge in [0.1, 0.15) is 5.75 Å². The molecule has 19 heavy (non-hydrogen) atoms. The van der Waals surface area contributed by atoms with Crippen molar-refractivity contribution in [2.45, 2.75) is 13.0 Å². The molecule has 0 saturated heterocycles. The van der Waals surface area contributed by atoms with Gasteiger partial charge in [-0.3, -0.25) is 10.1 Å². The molecular formula is C13H13N3O3. The number of nitrogens with zero attached hydrogens (tertiary/aromatic N) is 2. The zero-order chi connectivity index (χ0) is 13.8. The zero-order valence-corrected chi connectivity index (χ0v) is 10.3. The second-order valence-corrected chi connectivity index (χ2v) is 4.04. The van der Waals surface area contributed by atoms with Gasteiger partial charge in [0.2, 0.25) is 5.88 Å². The van der Waals surface area contributed by atoms with Crippen LogP contribution in [0.3, 0.4) is 0 Å². The first-order valence-electron chi connectivity index (χ1n) is 5.70. The molecule has 0 bridgehead atoms. The summed E-state index contributed by atoms with van der Waals surface area (Å²) in [4.78, 5) is 14.3. The maximum Gasteiger partial charge on any atom is 0.273 e. The van der Waals surface area contributed by atoms with Gasteiger partial charge in [0, 0.05) is 23.9 Å². The predicted octanol–water partition coefficient (Wildman–Crippen LogP) is 2.80.